The van der Waals surface area contributed by atoms with Gasteiger partial charge in [-0.15, -0.1) is 11.3 Å². The van der Waals surface area contributed by atoms with E-state index in [2.05, 4.69) is 15.4 Å². The summed E-state index contributed by atoms with van der Waals surface area (Å²) in [6.07, 6.45) is 0. The van der Waals surface area contributed by atoms with Crippen LogP contribution in [-0.2, 0) is 6.54 Å². The maximum atomic E-state index is 12.6. The Morgan fingerprint density at radius 2 is 2.14 bits per heavy atom. The fourth-order valence-corrected chi connectivity index (χ4v) is 4.53. The van der Waals surface area contributed by atoms with Gasteiger partial charge in [-0.05, 0) is 47.4 Å². The number of carbonyl (C=O) groups is 1. The smallest absolute Gasteiger partial charge is 0.358 e. The van der Waals surface area contributed by atoms with Crippen LogP contribution >= 0.6 is 22.7 Å². The number of anilines is 1. The van der Waals surface area contributed by atoms with Crippen LogP contribution in [0, 0.1) is 24.0 Å². The van der Waals surface area contributed by atoms with Gasteiger partial charge in [-0.25, -0.2) is 4.98 Å². The van der Waals surface area contributed by atoms with Gasteiger partial charge in [-0.3, -0.25) is 10.1 Å². The zero-order valence-corrected chi connectivity index (χ0v) is 16.6. The van der Waals surface area contributed by atoms with Crippen molar-refractivity contribution in [1.29, 1.82) is 0 Å². The number of amides is 1. The molecule has 0 aliphatic carbocycles. The molecule has 8 nitrogen and oxygen atoms in total. The van der Waals surface area contributed by atoms with Crippen molar-refractivity contribution in [3.05, 3.63) is 67.5 Å². The van der Waals surface area contributed by atoms with E-state index in [0.717, 1.165) is 21.3 Å². The molecule has 0 bridgehead atoms. The number of hydrogen-bond acceptors (Lipinski definition) is 7. The Morgan fingerprint density at radius 3 is 2.86 bits per heavy atom. The molecule has 28 heavy (non-hydrogen) atoms. The second kappa shape index (κ2) is 7.13. The molecule has 0 unspecified atom stereocenters. The SMILES string of the molecule is Cc1cccc2sc(NC(=O)c3cc(Cn4nc([N+](=O)[O-])cc4C)cs3)nc12. The number of rotatable bonds is 5. The highest BCUT2D eigenvalue weighted by atomic mass is 32.1. The van der Waals surface area contributed by atoms with Crippen molar-refractivity contribution in [3.63, 3.8) is 0 Å². The number of thiazole rings is 1. The highest BCUT2D eigenvalue weighted by Gasteiger charge is 2.17. The molecule has 1 amide bonds. The number of fused-ring (bicyclic) bond motifs is 1. The molecule has 3 aromatic heterocycles. The first-order chi connectivity index (χ1) is 13.4. The summed E-state index contributed by atoms with van der Waals surface area (Å²) in [7, 11) is 0. The number of aryl methyl sites for hydroxylation is 2. The first-order valence-corrected chi connectivity index (χ1v) is 10.0. The monoisotopic (exact) mass is 413 g/mol. The lowest BCUT2D eigenvalue weighted by Gasteiger charge is -1.98. The zero-order valence-electron chi connectivity index (χ0n) is 15.0. The van der Waals surface area contributed by atoms with Crippen LogP contribution < -0.4 is 5.32 Å². The first-order valence-electron chi connectivity index (χ1n) is 8.34. The molecule has 0 aliphatic rings. The van der Waals surface area contributed by atoms with Gasteiger partial charge in [0.05, 0.1) is 38.5 Å². The Balaban J connectivity index is 1.49. The van der Waals surface area contributed by atoms with Crippen LogP contribution in [-0.4, -0.2) is 25.6 Å². The molecule has 0 saturated carbocycles. The third-order valence-electron chi connectivity index (χ3n) is 4.21. The van der Waals surface area contributed by atoms with Gasteiger partial charge in [0.2, 0.25) is 0 Å². The van der Waals surface area contributed by atoms with E-state index in [9.17, 15) is 14.9 Å². The lowest BCUT2D eigenvalue weighted by molar-refractivity contribution is -0.389. The van der Waals surface area contributed by atoms with Gasteiger partial charge in [-0.2, -0.15) is 4.68 Å². The standard InChI is InChI=1S/C18H15N5O3S2/c1-10-4-3-5-13-16(10)19-18(28-13)20-17(24)14-7-12(9-27-14)8-22-11(2)6-15(21-22)23(25)26/h3-7,9H,8H2,1-2H3,(H,19,20,24). The Hall–Kier alpha value is -3.11. The zero-order chi connectivity index (χ0) is 19.8. The molecule has 0 spiro atoms. The number of hydrogen-bond donors (Lipinski definition) is 1. The molecule has 0 radical (unpaired) electrons. The molecule has 0 aliphatic heterocycles. The van der Waals surface area contributed by atoms with Crippen molar-refractivity contribution in [2.24, 2.45) is 0 Å². The lowest BCUT2D eigenvalue weighted by atomic mass is 10.2. The van der Waals surface area contributed by atoms with Gasteiger partial charge in [0.25, 0.3) is 5.91 Å². The van der Waals surface area contributed by atoms with E-state index in [4.69, 9.17) is 0 Å². The molecule has 0 atom stereocenters. The predicted molar refractivity (Wildman–Crippen MR) is 109 cm³/mol. The van der Waals surface area contributed by atoms with E-state index in [0.29, 0.717) is 22.2 Å². The number of nitrogens with zero attached hydrogens (tertiary/aromatic N) is 4. The first kappa shape index (κ1) is 18.3. The van der Waals surface area contributed by atoms with E-state index >= 15 is 0 Å². The Kier molecular flexibility index (Phi) is 4.65. The fraction of sp³-hybridized carbons (Fsp3) is 0.167. The van der Waals surface area contributed by atoms with Crippen molar-refractivity contribution in [3.8, 4) is 0 Å². The number of nitrogens with one attached hydrogen (secondary N) is 1. The van der Waals surface area contributed by atoms with Crippen LogP contribution in [0.4, 0.5) is 10.9 Å². The van der Waals surface area contributed by atoms with Gasteiger partial charge in [0, 0.05) is 0 Å². The number of carbonyl (C=O) groups excluding carboxylic acids is 1. The molecule has 1 aromatic carbocycles. The molecular formula is C18H15N5O3S2. The van der Waals surface area contributed by atoms with Gasteiger partial charge in [0.15, 0.2) is 5.13 Å². The molecule has 0 saturated heterocycles. The van der Waals surface area contributed by atoms with Crippen LogP contribution in [0.3, 0.4) is 0 Å². The van der Waals surface area contributed by atoms with Crippen molar-refractivity contribution in [1.82, 2.24) is 14.8 Å². The van der Waals surface area contributed by atoms with E-state index < -0.39 is 4.92 Å². The number of thiophene rings is 1. The van der Waals surface area contributed by atoms with Gasteiger partial charge < -0.3 is 10.1 Å². The normalized spacial score (nSPS) is 11.1. The minimum Gasteiger partial charge on any atom is -0.358 e. The summed E-state index contributed by atoms with van der Waals surface area (Å²) in [6.45, 7) is 4.11. The summed E-state index contributed by atoms with van der Waals surface area (Å²) in [5.41, 5.74) is 3.51. The van der Waals surface area contributed by atoms with Gasteiger partial charge in [0.1, 0.15) is 0 Å². The van der Waals surface area contributed by atoms with E-state index in [1.54, 1.807) is 17.7 Å². The molecule has 142 valence electrons. The van der Waals surface area contributed by atoms with E-state index in [1.807, 2.05) is 30.5 Å². The van der Waals surface area contributed by atoms with Crippen LogP contribution in [0.15, 0.2) is 35.7 Å². The molecule has 3 heterocycles. The second-order valence-corrected chi connectivity index (χ2v) is 8.21. The molecule has 10 heteroatoms. The highest BCUT2D eigenvalue weighted by Crippen LogP contribution is 2.28. The molecule has 1 N–H and O–H groups in total. The van der Waals surface area contributed by atoms with Crippen molar-refractivity contribution < 1.29 is 9.72 Å². The van der Waals surface area contributed by atoms with Crippen molar-refractivity contribution in [2.45, 2.75) is 20.4 Å². The minimum atomic E-state index is -0.518. The Morgan fingerprint density at radius 1 is 1.32 bits per heavy atom. The summed E-state index contributed by atoms with van der Waals surface area (Å²) in [5.74, 6) is -0.409. The maximum Gasteiger partial charge on any atom is 0.390 e. The summed E-state index contributed by atoms with van der Waals surface area (Å²) in [4.78, 5) is 27.9. The Labute approximate surface area is 167 Å². The van der Waals surface area contributed by atoms with Crippen molar-refractivity contribution >= 4 is 49.7 Å². The lowest BCUT2D eigenvalue weighted by Crippen LogP contribution is -2.10. The molecule has 4 rings (SSSR count). The quantitative estimate of drug-likeness (QED) is 0.386. The largest absolute Gasteiger partial charge is 0.390 e. The summed E-state index contributed by atoms with van der Waals surface area (Å²) in [5, 5.41) is 20.1. The van der Waals surface area contributed by atoms with E-state index in [1.165, 1.54) is 28.7 Å². The second-order valence-electron chi connectivity index (χ2n) is 6.27. The molecule has 0 fully saturated rings. The van der Waals surface area contributed by atoms with E-state index in [-0.39, 0.29) is 11.7 Å². The summed E-state index contributed by atoms with van der Waals surface area (Å²) in [6, 6.07) is 9.13. The van der Waals surface area contributed by atoms with Crippen LogP contribution in [0.2, 0.25) is 0 Å². The minimum absolute atomic E-state index is 0.183. The fourth-order valence-electron chi connectivity index (χ4n) is 2.79. The van der Waals surface area contributed by atoms with Crippen LogP contribution in [0.5, 0.6) is 0 Å². The number of nitro groups is 1. The van der Waals surface area contributed by atoms with Crippen molar-refractivity contribution in [2.75, 3.05) is 5.32 Å². The molecule has 4 aromatic rings. The van der Waals surface area contributed by atoms with Crippen LogP contribution in [0.1, 0.15) is 26.5 Å². The summed E-state index contributed by atoms with van der Waals surface area (Å²) >= 11 is 2.75. The maximum absolute atomic E-state index is 12.6. The molecular weight excluding hydrogens is 398 g/mol. The average Bonchev–Trinajstić information content (AvgIpc) is 3.35. The van der Waals surface area contributed by atoms with Gasteiger partial charge >= 0.3 is 5.82 Å². The third kappa shape index (κ3) is 3.51. The highest BCUT2D eigenvalue weighted by molar-refractivity contribution is 7.22. The third-order valence-corrected chi connectivity index (χ3v) is 6.12. The van der Waals surface area contributed by atoms with Crippen LogP contribution in [0.25, 0.3) is 10.2 Å². The van der Waals surface area contributed by atoms with Gasteiger partial charge in [-0.1, -0.05) is 23.5 Å². The average molecular weight is 413 g/mol. The Bertz CT molecular complexity index is 1210. The number of aromatic nitrogens is 3. The summed E-state index contributed by atoms with van der Waals surface area (Å²) < 4.78 is 2.58. The predicted octanol–water partition coefficient (Wildman–Crippen LogP) is 4.38. The topological polar surface area (TPSA) is 103 Å². The number of benzene rings is 1. The number of para-hydroxylation sites is 1.